The number of carbonyl (C=O) groups excluding carboxylic acids is 2. The number of piperidine rings is 1. The molecule has 1 heterocycles. The van der Waals surface area contributed by atoms with Crippen molar-refractivity contribution in [2.75, 3.05) is 19.6 Å². The van der Waals surface area contributed by atoms with Crippen LogP contribution in [0.25, 0.3) is 0 Å². The largest absolute Gasteiger partial charge is 0.352 e. The third-order valence-electron chi connectivity index (χ3n) is 2.93. The first-order chi connectivity index (χ1) is 7.99. The van der Waals surface area contributed by atoms with Gasteiger partial charge in [-0.1, -0.05) is 0 Å². The maximum Gasteiger partial charge on any atom is 0.312 e. The van der Waals surface area contributed by atoms with E-state index in [1.165, 1.54) is 0 Å². The van der Waals surface area contributed by atoms with Gasteiger partial charge in [-0.05, 0) is 25.7 Å². The van der Waals surface area contributed by atoms with Gasteiger partial charge in [0.15, 0.2) is 0 Å². The number of nitrogens with zero attached hydrogens (tertiary/aromatic N) is 1. The molecule has 2 atom stereocenters. The number of hydrogen-bond acceptors (Lipinski definition) is 3. The van der Waals surface area contributed by atoms with Crippen molar-refractivity contribution in [2.45, 2.75) is 32.2 Å². The van der Waals surface area contributed by atoms with E-state index in [0.717, 1.165) is 19.4 Å². The molecular formula is C11H22N4O2. The summed E-state index contributed by atoms with van der Waals surface area (Å²) in [6, 6.07) is -0.615. The zero-order valence-corrected chi connectivity index (χ0v) is 10.3. The summed E-state index contributed by atoms with van der Waals surface area (Å²) >= 11 is 0. The fraction of sp³-hybridized carbons (Fsp3) is 0.818. The number of amides is 3. The second-order valence-corrected chi connectivity index (χ2v) is 4.77. The summed E-state index contributed by atoms with van der Waals surface area (Å²) in [5, 5.41) is 2.59. The summed E-state index contributed by atoms with van der Waals surface area (Å²) in [6.07, 6.45) is 2.37. The first-order valence-corrected chi connectivity index (χ1v) is 6.05. The molecule has 2 unspecified atom stereocenters. The molecule has 1 aliphatic heterocycles. The molecule has 0 radical (unpaired) electrons. The maximum atomic E-state index is 11.8. The van der Waals surface area contributed by atoms with Gasteiger partial charge in [0.05, 0.1) is 0 Å². The van der Waals surface area contributed by atoms with Gasteiger partial charge in [-0.25, -0.2) is 4.79 Å². The van der Waals surface area contributed by atoms with Crippen LogP contribution in [0.4, 0.5) is 4.79 Å². The van der Waals surface area contributed by atoms with Gasteiger partial charge < -0.3 is 21.7 Å². The summed E-state index contributed by atoms with van der Waals surface area (Å²) < 4.78 is 0. The maximum absolute atomic E-state index is 11.8. The fourth-order valence-corrected chi connectivity index (χ4v) is 2.11. The molecule has 5 N–H and O–H groups in total. The average Bonchev–Trinajstić information content (AvgIpc) is 2.26. The monoisotopic (exact) mass is 242 g/mol. The lowest BCUT2D eigenvalue weighted by molar-refractivity contribution is -0.133. The van der Waals surface area contributed by atoms with Crippen molar-refractivity contribution >= 4 is 11.9 Å². The molecule has 17 heavy (non-hydrogen) atoms. The van der Waals surface area contributed by atoms with Gasteiger partial charge in [0.1, 0.15) is 0 Å². The van der Waals surface area contributed by atoms with Crippen LogP contribution in [0.15, 0.2) is 0 Å². The normalized spacial score (nSPS) is 22.0. The molecule has 0 aromatic carbocycles. The predicted octanol–water partition coefficient (Wildman–Crippen LogP) is -0.369. The zero-order valence-electron chi connectivity index (χ0n) is 10.3. The zero-order chi connectivity index (χ0) is 12.8. The van der Waals surface area contributed by atoms with Gasteiger partial charge in [0, 0.05) is 32.1 Å². The number of rotatable bonds is 4. The van der Waals surface area contributed by atoms with Crippen LogP contribution < -0.4 is 16.8 Å². The van der Waals surface area contributed by atoms with E-state index in [1.54, 1.807) is 0 Å². The van der Waals surface area contributed by atoms with E-state index in [0.29, 0.717) is 25.4 Å². The van der Waals surface area contributed by atoms with Crippen molar-refractivity contribution in [3.63, 3.8) is 0 Å². The van der Waals surface area contributed by atoms with E-state index in [1.807, 2.05) is 11.8 Å². The van der Waals surface area contributed by atoms with Crippen molar-refractivity contribution in [3.8, 4) is 0 Å². The Balaban J connectivity index is 2.37. The number of hydrogen-bond donors (Lipinski definition) is 3. The quantitative estimate of drug-likeness (QED) is 0.627. The number of primary amides is 1. The van der Waals surface area contributed by atoms with E-state index in [-0.39, 0.29) is 11.9 Å². The Hall–Kier alpha value is -1.30. The van der Waals surface area contributed by atoms with Crippen molar-refractivity contribution in [3.05, 3.63) is 0 Å². The van der Waals surface area contributed by atoms with Gasteiger partial charge in [0.2, 0.25) is 5.91 Å². The molecule has 98 valence electrons. The highest BCUT2D eigenvalue weighted by Gasteiger charge is 2.23. The summed E-state index contributed by atoms with van der Waals surface area (Å²) in [7, 11) is 0. The van der Waals surface area contributed by atoms with E-state index in [9.17, 15) is 9.59 Å². The highest BCUT2D eigenvalue weighted by molar-refractivity contribution is 5.76. The SMILES string of the molecule is CC(N)CC(=O)N1CCCC(CNC(N)=O)C1. The molecule has 1 aliphatic rings. The van der Waals surface area contributed by atoms with Crippen LogP contribution in [0.3, 0.4) is 0 Å². The summed E-state index contributed by atoms with van der Waals surface area (Å²) in [5.74, 6) is 0.400. The van der Waals surface area contributed by atoms with Crippen molar-refractivity contribution in [1.29, 1.82) is 0 Å². The van der Waals surface area contributed by atoms with E-state index in [2.05, 4.69) is 5.32 Å². The minimum atomic E-state index is -0.510. The minimum Gasteiger partial charge on any atom is -0.352 e. The molecular weight excluding hydrogens is 220 g/mol. The lowest BCUT2D eigenvalue weighted by atomic mass is 9.97. The molecule has 3 amide bonds. The Bertz CT molecular complexity index is 281. The lowest BCUT2D eigenvalue weighted by Crippen LogP contribution is -2.45. The highest BCUT2D eigenvalue weighted by atomic mass is 16.2. The third-order valence-corrected chi connectivity index (χ3v) is 2.93. The van der Waals surface area contributed by atoms with Crippen molar-refractivity contribution in [1.82, 2.24) is 10.2 Å². The highest BCUT2D eigenvalue weighted by Crippen LogP contribution is 2.16. The first kappa shape index (κ1) is 13.8. The van der Waals surface area contributed by atoms with Crippen LogP contribution in [-0.2, 0) is 4.79 Å². The smallest absolute Gasteiger partial charge is 0.312 e. The Labute approximate surface area is 102 Å². The van der Waals surface area contributed by atoms with Crippen LogP contribution in [0.2, 0.25) is 0 Å². The molecule has 6 heteroatoms. The molecule has 1 fully saturated rings. The van der Waals surface area contributed by atoms with Gasteiger partial charge in [-0.15, -0.1) is 0 Å². The number of carbonyl (C=O) groups is 2. The predicted molar refractivity (Wildman–Crippen MR) is 65.2 cm³/mol. The molecule has 0 aliphatic carbocycles. The molecule has 0 bridgehead atoms. The molecule has 1 rings (SSSR count). The molecule has 0 spiro atoms. The van der Waals surface area contributed by atoms with Gasteiger partial charge in [-0.2, -0.15) is 0 Å². The van der Waals surface area contributed by atoms with Crippen LogP contribution in [0, 0.1) is 5.92 Å². The number of nitrogens with one attached hydrogen (secondary N) is 1. The summed E-state index contributed by atoms with van der Waals surface area (Å²) in [4.78, 5) is 24.3. The van der Waals surface area contributed by atoms with E-state index >= 15 is 0 Å². The average molecular weight is 242 g/mol. The Morgan fingerprint density at radius 1 is 1.53 bits per heavy atom. The Morgan fingerprint density at radius 2 is 2.24 bits per heavy atom. The van der Waals surface area contributed by atoms with Crippen LogP contribution in [0.5, 0.6) is 0 Å². The molecule has 1 saturated heterocycles. The van der Waals surface area contributed by atoms with Gasteiger partial charge in [-0.3, -0.25) is 4.79 Å². The first-order valence-electron chi connectivity index (χ1n) is 6.05. The second kappa shape index (κ2) is 6.44. The minimum absolute atomic E-state index is 0.101. The second-order valence-electron chi connectivity index (χ2n) is 4.77. The molecule has 0 aromatic rings. The van der Waals surface area contributed by atoms with Gasteiger partial charge >= 0.3 is 6.03 Å². The summed E-state index contributed by atoms with van der Waals surface area (Å²) in [5.41, 5.74) is 10.6. The van der Waals surface area contributed by atoms with Gasteiger partial charge in [0.25, 0.3) is 0 Å². The summed E-state index contributed by atoms with van der Waals surface area (Å²) in [6.45, 7) is 3.84. The van der Waals surface area contributed by atoms with Crippen LogP contribution in [0.1, 0.15) is 26.2 Å². The van der Waals surface area contributed by atoms with Crippen LogP contribution >= 0.6 is 0 Å². The lowest BCUT2D eigenvalue weighted by Gasteiger charge is -2.33. The van der Waals surface area contributed by atoms with Crippen molar-refractivity contribution in [2.24, 2.45) is 17.4 Å². The number of nitrogens with two attached hydrogens (primary N) is 2. The Kier molecular flexibility index (Phi) is 5.21. The molecule has 0 aromatic heterocycles. The Morgan fingerprint density at radius 3 is 2.82 bits per heavy atom. The number of urea groups is 1. The van der Waals surface area contributed by atoms with Crippen molar-refractivity contribution < 1.29 is 9.59 Å². The number of likely N-dealkylation sites (tertiary alicyclic amines) is 1. The van der Waals surface area contributed by atoms with E-state index in [4.69, 9.17) is 11.5 Å². The molecule has 6 nitrogen and oxygen atoms in total. The fourth-order valence-electron chi connectivity index (χ4n) is 2.11. The van der Waals surface area contributed by atoms with Crippen LogP contribution in [-0.4, -0.2) is 42.5 Å². The third kappa shape index (κ3) is 5.04. The molecule has 0 saturated carbocycles. The topological polar surface area (TPSA) is 101 Å². The standard InChI is InChI=1S/C11H22N4O2/c1-8(12)5-10(16)15-4-2-3-9(7-15)6-14-11(13)17/h8-9H,2-7,12H2,1H3,(H3,13,14,17). The van der Waals surface area contributed by atoms with E-state index < -0.39 is 6.03 Å².